The molecule has 2 aromatic rings. The van der Waals surface area contributed by atoms with Crippen molar-refractivity contribution in [1.29, 1.82) is 0 Å². The molecule has 0 radical (unpaired) electrons. The van der Waals surface area contributed by atoms with Crippen molar-refractivity contribution in [1.82, 2.24) is 14.6 Å². The van der Waals surface area contributed by atoms with Crippen molar-refractivity contribution in [2.75, 3.05) is 12.1 Å². The fraction of sp³-hybridized carbons (Fsp3) is 0.400. The number of rotatable bonds is 5. The van der Waals surface area contributed by atoms with Crippen LogP contribution >= 0.6 is 7.60 Å². The second kappa shape index (κ2) is 5.26. The number of hydrogen-bond donors (Lipinski definition) is 3. The van der Waals surface area contributed by atoms with Crippen molar-refractivity contribution in [2.24, 2.45) is 0 Å². The Morgan fingerprint density at radius 2 is 2.26 bits per heavy atom. The summed E-state index contributed by atoms with van der Waals surface area (Å²) in [6.45, 7) is 1.74. The highest BCUT2D eigenvalue weighted by molar-refractivity contribution is 7.51. The van der Waals surface area contributed by atoms with Gasteiger partial charge in [-0.1, -0.05) is 0 Å². The predicted octanol–water partition coefficient (Wildman–Crippen LogP) is 0.394. The molecule has 19 heavy (non-hydrogen) atoms. The van der Waals surface area contributed by atoms with Gasteiger partial charge in [-0.2, -0.15) is 5.10 Å². The Bertz CT molecular complexity index is 623. The highest BCUT2D eigenvalue weighted by Gasteiger charge is 2.17. The summed E-state index contributed by atoms with van der Waals surface area (Å²) in [5.74, 6) is 0.380. The topological polar surface area (TPSA) is 123 Å². The van der Waals surface area contributed by atoms with E-state index in [1.54, 1.807) is 17.5 Å². The minimum Gasteiger partial charge on any atom is -0.382 e. The number of nitrogen functional groups attached to an aromatic ring is 1. The Kier molecular flexibility index (Phi) is 3.86. The normalized spacial score (nSPS) is 13.8. The molecule has 1 unspecified atom stereocenters. The first kappa shape index (κ1) is 14.0. The molecular weight excluding hydrogens is 271 g/mol. The molecule has 0 aromatic carbocycles. The van der Waals surface area contributed by atoms with Crippen LogP contribution in [0.5, 0.6) is 0 Å². The standard InChI is InChI=1S/C10H15N4O4P/c1-7(18-6-19(15,16)17)4-8-2-3-9-10(11)12-5-13-14(8)9/h2-3,5,7H,4,6H2,1H3,(H2,11,12,13)(H2,15,16,17). The quantitative estimate of drug-likeness (QED) is 0.679. The molecular formula is C10H15N4O4P. The molecule has 0 fully saturated rings. The lowest BCUT2D eigenvalue weighted by molar-refractivity contribution is 0.0877. The number of nitrogens with two attached hydrogens (primary N) is 1. The molecule has 2 heterocycles. The van der Waals surface area contributed by atoms with Crippen molar-refractivity contribution < 1.29 is 19.1 Å². The van der Waals surface area contributed by atoms with Gasteiger partial charge in [0.1, 0.15) is 18.2 Å². The van der Waals surface area contributed by atoms with Gasteiger partial charge < -0.3 is 20.3 Å². The number of ether oxygens (including phenoxy) is 1. The van der Waals surface area contributed by atoms with E-state index in [1.165, 1.54) is 6.33 Å². The Labute approximate surface area is 109 Å². The molecule has 2 rings (SSSR count). The van der Waals surface area contributed by atoms with E-state index >= 15 is 0 Å². The Morgan fingerprint density at radius 3 is 2.95 bits per heavy atom. The molecule has 0 aliphatic carbocycles. The van der Waals surface area contributed by atoms with Gasteiger partial charge in [0.05, 0.1) is 6.10 Å². The summed E-state index contributed by atoms with van der Waals surface area (Å²) >= 11 is 0. The summed E-state index contributed by atoms with van der Waals surface area (Å²) in [6, 6.07) is 3.62. The predicted molar refractivity (Wildman–Crippen MR) is 68.6 cm³/mol. The van der Waals surface area contributed by atoms with Gasteiger partial charge in [-0.15, -0.1) is 0 Å². The van der Waals surface area contributed by atoms with E-state index in [2.05, 4.69) is 10.1 Å². The van der Waals surface area contributed by atoms with Crippen LogP contribution in [0, 0.1) is 0 Å². The maximum atomic E-state index is 10.7. The van der Waals surface area contributed by atoms with Crippen LogP contribution < -0.4 is 5.73 Å². The fourth-order valence-electron chi connectivity index (χ4n) is 1.74. The van der Waals surface area contributed by atoms with Gasteiger partial charge >= 0.3 is 7.60 Å². The molecule has 0 saturated carbocycles. The van der Waals surface area contributed by atoms with Gasteiger partial charge in [0, 0.05) is 12.1 Å². The molecule has 0 spiro atoms. The minimum absolute atomic E-state index is 0.345. The van der Waals surface area contributed by atoms with Gasteiger partial charge in [0.15, 0.2) is 5.82 Å². The van der Waals surface area contributed by atoms with Gasteiger partial charge in [-0.05, 0) is 19.1 Å². The van der Waals surface area contributed by atoms with Crippen molar-refractivity contribution in [3.05, 3.63) is 24.2 Å². The van der Waals surface area contributed by atoms with Gasteiger partial charge in [0.25, 0.3) is 0 Å². The van der Waals surface area contributed by atoms with Crippen LogP contribution in [0.1, 0.15) is 12.6 Å². The second-order valence-electron chi connectivity index (χ2n) is 4.24. The largest absolute Gasteiger partial charge is 0.382 e. The van der Waals surface area contributed by atoms with E-state index in [0.717, 1.165) is 5.69 Å². The Morgan fingerprint density at radius 1 is 1.53 bits per heavy atom. The molecule has 0 aliphatic heterocycles. The number of anilines is 1. The Hall–Kier alpha value is -1.47. The maximum absolute atomic E-state index is 10.7. The molecule has 0 bridgehead atoms. The maximum Gasteiger partial charge on any atom is 0.350 e. The lowest BCUT2D eigenvalue weighted by atomic mass is 10.2. The van der Waals surface area contributed by atoms with Crippen molar-refractivity contribution in [3.63, 3.8) is 0 Å². The molecule has 0 saturated heterocycles. The molecule has 8 nitrogen and oxygen atoms in total. The fourth-order valence-corrected chi connectivity index (χ4v) is 2.19. The van der Waals surface area contributed by atoms with E-state index in [4.69, 9.17) is 20.3 Å². The zero-order valence-corrected chi connectivity index (χ0v) is 11.2. The zero-order chi connectivity index (χ0) is 14.0. The highest BCUT2D eigenvalue weighted by atomic mass is 31.2. The van der Waals surface area contributed by atoms with Crippen LogP contribution in [0.25, 0.3) is 5.52 Å². The van der Waals surface area contributed by atoms with E-state index < -0.39 is 13.9 Å². The van der Waals surface area contributed by atoms with Crippen molar-refractivity contribution in [2.45, 2.75) is 19.4 Å². The van der Waals surface area contributed by atoms with Gasteiger partial charge in [-0.25, -0.2) is 9.50 Å². The monoisotopic (exact) mass is 286 g/mol. The van der Waals surface area contributed by atoms with Crippen LogP contribution in [0.4, 0.5) is 5.82 Å². The number of hydrogen-bond acceptors (Lipinski definition) is 5. The third-order valence-electron chi connectivity index (χ3n) is 2.58. The SMILES string of the molecule is CC(Cc1ccc2c(N)ncnn12)OCP(=O)(O)O. The lowest BCUT2D eigenvalue weighted by Crippen LogP contribution is -2.14. The van der Waals surface area contributed by atoms with Gasteiger partial charge in [-0.3, -0.25) is 4.57 Å². The highest BCUT2D eigenvalue weighted by Crippen LogP contribution is 2.34. The van der Waals surface area contributed by atoms with E-state index in [9.17, 15) is 4.57 Å². The first-order valence-corrected chi connectivity index (χ1v) is 7.40. The number of nitrogens with zero attached hydrogens (tertiary/aromatic N) is 3. The summed E-state index contributed by atoms with van der Waals surface area (Å²) in [5, 5.41) is 4.08. The summed E-state index contributed by atoms with van der Waals surface area (Å²) in [5.41, 5.74) is 7.24. The van der Waals surface area contributed by atoms with Crippen LogP contribution in [-0.2, 0) is 15.7 Å². The molecule has 104 valence electrons. The number of aromatic nitrogens is 3. The molecule has 9 heteroatoms. The van der Waals surface area contributed by atoms with Crippen LogP contribution in [0.2, 0.25) is 0 Å². The third-order valence-corrected chi connectivity index (χ3v) is 3.07. The molecule has 0 amide bonds. The summed E-state index contributed by atoms with van der Waals surface area (Å²) in [7, 11) is -4.14. The van der Waals surface area contributed by atoms with Crippen LogP contribution in [0.3, 0.4) is 0 Å². The van der Waals surface area contributed by atoms with Crippen molar-refractivity contribution >= 4 is 18.9 Å². The zero-order valence-electron chi connectivity index (χ0n) is 10.3. The summed E-state index contributed by atoms with van der Waals surface area (Å²) < 4.78 is 17.5. The molecule has 4 N–H and O–H groups in total. The smallest absolute Gasteiger partial charge is 0.350 e. The first-order valence-electron chi connectivity index (χ1n) is 5.60. The average Bonchev–Trinajstić information content (AvgIpc) is 2.71. The van der Waals surface area contributed by atoms with Crippen molar-refractivity contribution in [3.8, 4) is 0 Å². The molecule has 1 atom stereocenters. The second-order valence-corrected chi connectivity index (χ2v) is 5.83. The first-order chi connectivity index (χ1) is 8.87. The lowest BCUT2D eigenvalue weighted by Gasteiger charge is -2.13. The van der Waals surface area contributed by atoms with E-state index in [0.29, 0.717) is 17.8 Å². The van der Waals surface area contributed by atoms with Gasteiger partial charge in [0.2, 0.25) is 0 Å². The summed E-state index contributed by atoms with van der Waals surface area (Å²) in [6.07, 6.45) is 0.883. The average molecular weight is 286 g/mol. The third kappa shape index (κ3) is 3.51. The number of fused-ring (bicyclic) bond motifs is 1. The van der Waals surface area contributed by atoms with Crippen LogP contribution in [0.15, 0.2) is 18.5 Å². The minimum atomic E-state index is -4.14. The van der Waals surface area contributed by atoms with E-state index in [-0.39, 0.29) is 6.10 Å². The molecule has 0 aliphatic rings. The van der Waals surface area contributed by atoms with Crippen LogP contribution in [-0.4, -0.2) is 36.8 Å². The Balaban J connectivity index is 2.09. The molecule has 2 aromatic heterocycles. The van der Waals surface area contributed by atoms with E-state index in [1.807, 2.05) is 6.07 Å². The summed E-state index contributed by atoms with van der Waals surface area (Å²) in [4.78, 5) is 21.4.